The number of benzene rings is 1. The van der Waals surface area contributed by atoms with E-state index in [0.717, 1.165) is 25.0 Å². The fraction of sp³-hybridized carbons (Fsp3) is 0.385. The van der Waals surface area contributed by atoms with Gasteiger partial charge in [0.2, 0.25) is 0 Å². The molecule has 2 heterocycles. The minimum absolute atomic E-state index is 0.0560. The molecular formula is C13H13FN2O2. The van der Waals surface area contributed by atoms with Gasteiger partial charge in [-0.25, -0.2) is 4.39 Å². The molecule has 18 heavy (non-hydrogen) atoms. The lowest BCUT2D eigenvalue weighted by Gasteiger charge is -2.00. The first-order valence-corrected chi connectivity index (χ1v) is 6.00. The van der Waals surface area contributed by atoms with Crippen LogP contribution in [-0.4, -0.2) is 16.7 Å². The van der Waals surface area contributed by atoms with Crippen LogP contribution in [0, 0.1) is 5.82 Å². The number of rotatable bonds is 3. The van der Waals surface area contributed by atoms with Crippen molar-refractivity contribution in [2.75, 3.05) is 6.61 Å². The van der Waals surface area contributed by atoms with E-state index >= 15 is 0 Å². The highest BCUT2D eigenvalue weighted by molar-refractivity contribution is 5.19. The molecule has 1 aromatic heterocycles. The van der Waals surface area contributed by atoms with E-state index in [1.54, 1.807) is 12.1 Å². The van der Waals surface area contributed by atoms with Gasteiger partial charge < -0.3 is 9.26 Å². The molecule has 1 aliphatic heterocycles. The summed E-state index contributed by atoms with van der Waals surface area (Å²) in [7, 11) is 0. The van der Waals surface area contributed by atoms with Crippen LogP contribution in [0.4, 0.5) is 4.39 Å². The second kappa shape index (κ2) is 4.86. The van der Waals surface area contributed by atoms with Gasteiger partial charge >= 0.3 is 0 Å². The Morgan fingerprint density at radius 2 is 2.11 bits per heavy atom. The number of ether oxygens (including phenoxy) is 1. The number of aromatic nitrogens is 2. The summed E-state index contributed by atoms with van der Waals surface area (Å²) in [4.78, 5) is 4.31. The van der Waals surface area contributed by atoms with Crippen LogP contribution in [-0.2, 0) is 11.2 Å². The van der Waals surface area contributed by atoms with Crippen LogP contribution in [0.5, 0.6) is 0 Å². The van der Waals surface area contributed by atoms with Crippen molar-refractivity contribution in [2.45, 2.75) is 25.4 Å². The summed E-state index contributed by atoms with van der Waals surface area (Å²) in [6.45, 7) is 0.750. The zero-order valence-corrected chi connectivity index (χ0v) is 9.80. The maximum Gasteiger partial charge on any atom is 0.255 e. The topological polar surface area (TPSA) is 48.2 Å². The summed E-state index contributed by atoms with van der Waals surface area (Å²) >= 11 is 0. The number of halogens is 1. The minimum Gasteiger partial charge on any atom is -0.368 e. The highest BCUT2D eigenvalue weighted by Crippen LogP contribution is 2.27. The molecule has 0 amide bonds. The van der Waals surface area contributed by atoms with Crippen molar-refractivity contribution in [2.24, 2.45) is 0 Å². The van der Waals surface area contributed by atoms with E-state index in [1.165, 1.54) is 12.1 Å². The van der Waals surface area contributed by atoms with E-state index in [2.05, 4.69) is 10.1 Å². The smallest absolute Gasteiger partial charge is 0.255 e. The molecule has 1 atom stereocenters. The molecule has 5 heteroatoms. The monoisotopic (exact) mass is 248 g/mol. The minimum atomic E-state index is -0.244. The Kier molecular flexibility index (Phi) is 3.06. The molecule has 94 valence electrons. The third-order valence-electron chi connectivity index (χ3n) is 2.96. The van der Waals surface area contributed by atoms with E-state index in [-0.39, 0.29) is 11.9 Å². The number of hydrogen-bond donors (Lipinski definition) is 0. The average Bonchev–Trinajstić information content (AvgIpc) is 3.02. The van der Waals surface area contributed by atoms with Crippen LogP contribution in [0.2, 0.25) is 0 Å². The van der Waals surface area contributed by atoms with Crippen molar-refractivity contribution < 1.29 is 13.7 Å². The van der Waals surface area contributed by atoms with Crippen LogP contribution in [0.3, 0.4) is 0 Å². The van der Waals surface area contributed by atoms with Crippen molar-refractivity contribution in [3.63, 3.8) is 0 Å². The summed E-state index contributed by atoms with van der Waals surface area (Å²) in [6.07, 6.45) is 2.44. The number of nitrogens with zero attached hydrogens (tertiary/aromatic N) is 2. The van der Waals surface area contributed by atoms with Crippen LogP contribution in [0.1, 0.15) is 36.2 Å². The van der Waals surface area contributed by atoms with Gasteiger partial charge in [0, 0.05) is 13.0 Å². The van der Waals surface area contributed by atoms with Gasteiger partial charge in [-0.1, -0.05) is 17.3 Å². The van der Waals surface area contributed by atoms with Gasteiger partial charge in [0.15, 0.2) is 5.82 Å². The lowest BCUT2D eigenvalue weighted by Crippen LogP contribution is -1.97. The molecule has 1 aromatic carbocycles. The van der Waals surface area contributed by atoms with Gasteiger partial charge in [-0.05, 0) is 30.5 Å². The molecule has 1 aliphatic rings. The van der Waals surface area contributed by atoms with Crippen LogP contribution >= 0.6 is 0 Å². The standard InChI is InChI=1S/C13H13FN2O2/c14-10-5-3-9(4-6-10)8-12-15-13(18-16-12)11-2-1-7-17-11/h3-6,11H,1-2,7-8H2/t11-/m1/s1. The molecule has 0 aliphatic carbocycles. The lowest BCUT2D eigenvalue weighted by molar-refractivity contribution is 0.0835. The van der Waals surface area contributed by atoms with Crippen molar-refractivity contribution in [1.82, 2.24) is 10.1 Å². The van der Waals surface area contributed by atoms with Gasteiger partial charge in [-0.2, -0.15) is 4.98 Å². The third-order valence-corrected chi connectivity index (χ3v) is 2.96. The van der Waals surface area contributed by atoms with E-state index in [4.69, 9.17) is 9.26 Å². The van der Waals surface area contributed by atoms with Crippen molar-refractivity contribution in [3.8, 4) is 0 Å². The average molecular weight is 248 g/mol. The lowest BCUT2D eigenvalue weighted by atomic mass is 10.1. The molecule has 4 nitrogen and oxygen atoms in total. The summed E-state index contributed by atoms with van der Waals surface area (Å²) in [5.74, 6) is 0.906. The van der Waals surface area contributed by atoms with E-state index in [0.29, 0.717) is 18.1 Å². The Labute approximate surface area is 104 Å². The zero-order chi connectivity index (χ0) is 12.4. The highest BCUT2D eigenvalue weighted by atomic mass is 19.1. The molecule has 0 spiro atoms. The van der Waals surface area contributed by atoms with Crippen molar-refractivity contribution >= 4 is 0 Å². The van der Waals surface area contributed by atoms with Gasteiger partial charge in [0.1, 0.15) is 11.9 Å². The van der Waals surface area contributed by atoms with Crippen LogP contribution < -0.4 is 0 Å². The summed E-state index contributed by atoms with van der Waals surface area (Å²) in [5, 5.41) is 3.92. The molecule has 1 fully saturated rings. The fourth-order valence-electron chi connectivity index (χ4n) is 2.03. The first-order chi connectivity index (χ1) is 8.81. The van der Waals surface area contributed by atoms with Gasteiger partial charge in [-0.15, -0.1) is 0 Å². The Morgan fingerprint density at radius 1 is 1.28 bits per heavy atom. The molecule has 0 N–H and O–H groups in total. The second-order valence-electron chi connectivity index (χ2n) is 4.35. The van der Waals surface area contributed by atoms with Gasteiger partial charge in [0.25, 0.3) is 5.89 Å². The maximum atomic E-state index is 12.8. The molecule has 0 radical (unpaired) electrons. The largest absolute Gasteiger partial charge is 0.368 e. The normalized spacial score (nSPS) is 19.3. The molecule has 2 aromatic rings. The Morgan fingerprint density at radius 3 is 2.83 bits per heavy atom. The summed E-state index contributed by atoms with van der Waals surface area (Å²) in [6, 6.07) is 6.29. The Balaban J connectivity index is 1.71. The Bertz CT molecular complexity index is 518. The van der Waals surface area contributed by atoms with Crippen LogP contribution in [0.15, 0.2) is 28.8 Å². The molecule has 0 bridgehead atoms. The van der Waals surface area contributed by atoms with Crippen molar-refractivity contribution in [1.29, 1.82) is 0 Å². The predicted octanol–water partition coefficient (Wildman–Crippen LogP) is 2.65. The second-order valence-corrected chi connectivity index (χ2v) is 4.35. The van der Waals surface area contributed by atoms with E-state index in [9.17, 15) is 4.39 Å². The fourth-order valence-corrected chi connectivity index (χ4v) is 2.03. The molecular weight excluding hydrogens is 235 g/mol. The quantitative estimate of drug-likeness (QED) is 0.837. The van der Waals surface area contributed by atoms with Gasteiger partial charge in [-0.3, -0.25) is 0 Å². The van der Waals surface area contributed by atoms with Crippen molar-refractivity contribution in [3.05, 3.63) is 47.4 Å². The maximum absolute atomic E-state index is 12.8. The molecule has 0 unspecified atom stereocenters. The first-order valence-electron chi connectivity index (χ1n) is 6.00. The molecule has 3 rings (SSSR count). The van der Waals surface area contributed by atoms with Crippen LogP contribution in [0.25, 0.3) is 0 Å². The summed E-state index contributed by atoms with van der Waals surface area (Å²) < 4.78 is 23.4. The molecule has 0 saturated carbocycles. The zero-order valence-electron chi connectivity index (χ0n) is 9.80. The SMILES string of the molecule is Fc1ccc(Cc2noc([C@H]3CCCO3)n2)cc1. The predicted molar refractivity (Wildman–Crippen MR) is 61.4 cm³/mol. The Hall–Kier alpha value is -1.75. The van der Waals surface area contributed by atoms with E-state index < -0.39 is 0 Å². The summed E-state index contributed by atoms with van der Waals surface area (Å²) in [5.41, 5.74) is 0.955. The third kappa shape index (κ3) is 2.41. The number of hydrogen-bond acceptors (Lipinski definition) is 4. The van der Waals surface area contributed by atoms with Gasteiger partial charge in [0.05, 0.1) is 0 Å². The first kappa shape index (κ1) is 11.3. The molecule has 1 saturated heterocycles. The van der Waals surface area contributed by atoms with E-state index in [1.807, 2.05) is 0 Å². The highest BCUT2D eigenvalue weighted by Gasteiger charge is 2.23.